The largest absolute Gasteiger partial charge is 0.467 e. The fourth-order valence-electron chi connectivity index (χ4n) is 4.46. The summed E-state index contributed by atoms with van der Waals surface area (Å²) in [6, 6.07) is 12.0. The third-order valence-corrected chi connectivity index (χ3v) is 7.75. The summed E-state index contributed by atoms with van der Waals surface area (Å²) in [5.74, 6) is 0.382. The molecule has 5 rings (SSSR count). The van der Waals surface area contributed by atoms with Gasteiger partial charge in [-0.15, -0.1) is 11.8 Å². The fourth-order valence-corrected chi connectivity index (χ4v) is 5.76. The zero-order valence-electron chi connectivity index (χ0n) is 19.1. The van der Waals surface area contributed by atoms with Crippen LogP contribution < -0.4 is 0 Å². The summed E-state index contributed by atoms with van der Waals surface area (Å²) in [4.78, 5) is 26.2. The van der Waals surface area contributed by atoms with Gasteiger partial charge >= 0.3 is 5.97 Å². The number of ether oxygens (including phenoxy) is 1. The van der Waals surface area contributed by atoms with Crippen molar-refractivity contribution in [3.05, 3.63) is 82.1 Å². The number of furan rings is 2. The van der Waals surface area contributed by atoms with E-state index in [1.165, 1.54) is 16.8 Å². The van der Waals surface area contributed by atoms with Gasteiger partial charge < -0.3 is 13.6 Å². The van der Waals surface area contributed by atoms with Gasteiger partial charge in [0.25, 0.3) is 5.91 Å². The van der Waals surface area contributed by atoms with Crippen molar-refractivity contribution in [1.29, 1.82) is 0 Å². The number of hydrogen-bond acceptors (Lipinski definition) is 7. The Labute approximate surface area is 222 Å². The first-order chi connectivity index (χ1) is 17.5. The van der Waals surface area contributed by atoms with E-state index in [9.17, 15) is 9.59 Å². The molecule has 1 amide bonds. The molecule has 7 nitrogen and oxygen atoms in total. The number of benzene rings is 1. The number of esters is 1. The summed E-state index contributed by atoms with van der Waals surface area (Å²) in [5.41, 5.74) is 1.87. The summed E-state index contributed by atoms with van der Waals surface area (Å²) >= 11 is 13.3. The zero-order chi connectivity index (χ0) is 25.1. The second-order valence-electron chi connectivity index (χ2n) is 8.39. The molecule has 1 aromatic carbocycles. The van der Waals surface area contributed by atoms with E-state index in [1.807, 2.05) is 24.3 Å². The predicted molar refractivity (Wildman–Crippen MR) is 138 cm³/mol. The van der Waals surface area contributed by atoms with E-state index in [1.54, 1.807) is 36.8 Å². The van der Waals surface area contributed by atoms with Crippen LogP contribution in [-0.4, -0.2) is 35.0 Å². The SMILES string of the molecule is O=C(CSc1cc(Cl)ccc1Cl)OCC(=O)N1N=C2C(=Cc3ccco3)CCCC2C1c1ccco1. The van der Waals surface area contributed by atoms with Crippen LogP contribution in [0.15, 0.2) is 79.4 Å². The summed E-state index contributed by atoms with van der Waals surface area (Å²) in [5, 5.41) is 7.11. The summed E-state index contributed by atoms with van der Waals surface area (Å²) in [7, 11) is 0. The average Bonchev–Trinajstić information content (AvgIpc) is 3.64. The molecule has 2 unspecified atom stereocenters. The minimum absolute atomic E-state index is 0.0118. The van der Waals surface area contributed by atoms with Crippen molar-refractivity contribution in [3.63, 3.8) is 0 Å². The molecule has 2 aliphatic rings. The number of halogens is 2. The molecule has 10 heteroatoms. The third-order valence-electron chi connectivity index (χ3n) is 6.05. The van der Waals surface area contributed by atoms with Gasteiger partial charge in [-0.2, -0.15) is 5.10 Å². The summed E-state index contributed by atoms with van der Waals surface area (Å²) < 4.78 is 16.5. The van der Waals surface area contributed by atoms with Crippen molar-refractivity contribution in [2.45, 2.75) is 30.2 Å². The molecule has 0 N–H and O–H groups in total. The summed E-state index contributed by atoms with van der Waals surface area (Å²) in [6.45, 7) is -0.430. The van der Waals surface area contributed by atoms with Crippen LogP contribution in [0.4, 0.5) is 0 Å². The first-order valence-corrected chi connectivity index (χ1v) is 13.2. The molecule has 0 saturated heterocycles. The van der Waals surface area contributed by atoms with Crippen LogP contribution in [0.1, 0.15) is 36.8 Å². The third kappa shape index (κ3) is 5.40. The number of nitrogens with zero attached hydrogens (tertiary/aromatic N) is 2. The van der Waals surface area contributed by atoms with Crippen LogP contribution >= 0.6 is 35.0 Å². The van der Waals surface area contributed by atoms with Gasteiger partial charge in [0.2, 0.25) is 0 Å². The smallest absolute Gasteiger partial charge is 0.316 e. The van der Waals surface area contributed by atoms with Crippen molar-refractivity contribution in [3.8, 4) is 0 Å². The van der Waals surface area contributed by atoms with E-state index in [4.69, 9.17) is 41.9 Å². The molecule has 1 saturated carbocycles. The molecule has 2 atom stereocenters. The van der Waals surface area contributed by atoms with E-state index >= 15 is 0 Å². The van der Waals surface area contributed by atoms with Gasteiger partial charge in [-0.1, -0.05) is 23.2 Å². The fraction of sp³-hybridized carbons (Fsp3) is 0.269. The molecule has 0 spiro atoms. The molecule has 3 heterocycles. The predicted octanol–water partition coefficient (Wildman–Crippen LogP) is 6.64. The van der Waals surface area contributed by atoms with Gasteiger partial charge in [0.1, 0.15) is 17.6 Å². The number of carbonyl (C=O) groups is 2. The van der Waals surface area contributed by atoms with Gasteiger partial charge in [0, 0.05) is 15.8 Å². The van der Waals surface area contributed by atoms with E-state index in [2.05, 4.69) is 0 Å². The Morgan fingerprint density at radius 1 is 1.17 bits per heavy atom. The molecule has 0 radical (unpaired) electrons. The number of thioether (sulfide) groups is 1. The minimum atomic E-state index is -0.540. The normalized spacial score (nSPS) is 20.3. The first-order valence-electron chi connectivity index (χ1n) is 11.4. The Balaban J connectivity index is 1.29. The Morgan fingerprint density at radius 3 is 2.78 bits per heavy atom. The monoisotopic (exact) mass is 544 g/mol. The second-order valence-corrected chi connectivity index (χ2v) is 10.3. The van der Waals surface area contributed by atoms with Gasteiger partial charge in [-0.05, 0) is 73.4 Å². The van der Waals surface area contributed by atoms with Crippen LogP contribution in [0, 0.1) is 5.92 Å². The van der Waals surface area contributed by atoms with Crippen molar-refractivity contribution in [2.75, 3.05) is 12.4 Å². The Hall–Kier alpha value is -2.94. The van der Waals surface area contributed by atoms with E-state index in [-0.39, 0.29) is 11.7 Å². The minimum Gasteiger partial charge on any atom is -0.467 e. The van der Waals surface area contributed by atoms with Gasteiger partial charge in [0.05, 0.1) is 29.0 Å². The average molecular weight is 545 g/mol. The molecular formula is C26H22Cl2N2O5S. The standard InChI is InChI=1S/C26H22Cl2N2O5S/c27-17-8-9-20(28)22(13-17)36-15-24(32)35-14-23(31)30-26(21-7-3-11-34-21)19-6-1-4-16(25(19)29-30)12-18-5-2-10-33-18/h2-3,5,7-13,19,26H,1,4,6,14-15H2. The van der Waals surface area contributed by atoms with E-state index in [0.717, 1.165) is 36.3 Å². The van der Waals surface area contributed by atoms with Gasteiger partial charge in [-0.25, -0.2) is 5.01 Å². The van der Waals surface area contributed by atoms with Crippen LogP contribution in [-0.2, 0) is 14.3 Å². The number of amides is 1. The molecule has 186 valence electrons. The highest BCUT2D eigenvalue weighted by atomic mass is 35.5. The van der Waals surface area contributed by atoms with Crippen molar-refractivity contribution in [1.82, 2.24) is 5.01 Å². The maximum atomic E-state index is 13.2. The molecule has 2 aromatic heterocycles. The second kappa shape index (κ2) is 11.0. The molecule has 3 aromatic rings. The number of hydrazone groups is 1. The van der Waals surface area contributed by atoms with Crippen LogP contribution in [0.5, 0.6) is 0 Å². The number of hydrogen-bond donors (Lipinski definition) is 0. The Bertz CT molecular complexity index is 1300. The quantitative estimate of drug-likeness (QED) is 0.245. The topological polar surface area (TPSA) is 85.3 Å². The zero-order valence-corrected chi connectivity index (χ0v) is 21.4. The highest BCUT2D eigenvalue weighted by Gasteiger charge is 2.45. The highest BCUT2D eigenvalue weighted by molar-refractivity contribution is 8.00. The lowest BCUT2D eigenvalue weighted by molar-refractivity contribution is -0.151. The van der Waals surface area contributed by atoms with E-state index < -0.39 is 24.5 Å². The molecule has 0 bridgehead atoms. The lowest BCUT2D eigenvalue weighted by atomic mass is 9.79. The molecule has 1 aliphatic carbocycles. The number of allylic oxidation sites excluding steroid dienone is 1. The van der Waals surface area contributed by atoms with Gasteiger partial charge in [-0.3, -0.25) is 9.59 Å². The number of fused-ring (bicyclic) bond motifs is 1. The van der Waals surface area contributed by atoms with Crippen LogP contribution in [0.3, 0.4) is 0 Å². The van der Waals surface area contributed by atoms with Crippen LogP contribution in [0.25, 0.3) is 6.08 Å². The maximum Gasteiger partial charge on any atom is 0.316 e. The molecule has 36 heavy (non-hydrogen) atoms. The summed E-state index contributed by atoms with van der Waals surface area (Å²) in [6.07, 6.45) is 7.82. The number of carbonyl (C=O) groups excluding carboxylic acids is 2. The molecule has 1 aliphatic heterocycles. The van der Waals surface area contributed by atoms with E-state index in [0.29, 0.717) is 20.7 Å². The Morgan fingerprint density at radius 2 is 2.00 bits per heavy atom. The number of rotatable bonds is 7. The maximum absolute atomic E-state index is 13.2. The molecular weight excluding hydrogens is 523 g/mol. The van der Waals surface area contributed by atoms with Crippen molar-refractivity contribution < 1.29 is 23.2 Å². The van der Waals surface area contributed by atoms with Crippen molar-refractivity contribution >= 4 is 58.6 Å². The first kappa shape index (κ1) is 24.7. The molecule has 1 fully saturated rings. The van der Waals surface area contributed by atoms with Crippen molar-refractivity contribution in [2.24, 2.45) is 11.0 Å². The van der Waals surface area contributed by atoms with Crippen LogP contribution in [0.2, 0.25) is 10.0 Å². The lowest BCUT2D eigenvalue weighted by Crippen LogP contribution is -2.34. The Kier molecular flexibility index (Phi) is 7.55. The highest BCUT2D eigenvalue weighted by Crippen LogP contribution is 2.44. The van der Waals surface area contributed by atoms with Gasteiger partial charge in [0.15, 0.2) is 6.61 Å². The lowest BCUT2D eigenvalue weighted by Gasteiger charge is -2.27.